The summed E-state index contributed by atoms with van der Waals surface area (Å²) in [5, 5.41) is 0. The van der Waals surface area contributed by atoms with E-state index in [1.165, 1.54) is 6.42 Å². The second kappa shape index (κ2) is 1.44. The number of thiocarbonyl (C=S) groups is 1. The fraction of sp³-hybridized carbons (Fsp3) is 0.833. The predicted molar refractivity (Wildman–Crippen MR) is 38.7 cm³/mol. The molecular weight excluding hydrogens is 118 g/mol. The van der Waals surface area contributed by atoms with Gasteiger partial charge in [-0.15, -0.1) is 0 Å². The minimum absolute atomic E-state index is 0.422. The Hall–Kier alpha value is -0.110. The molecule has 0 aromatic rings. The zero-order valence-corrected chi connectivity index (χ0v) is 6.09. The summed E-state index contributed by atoms with van der Waals surface area (Å²) in [6.07, 6.45) is 1.18. The predicted octanol–water partition coefficient (Wildman–Crippen LogP) is 1.32. The van der Waals surface area contributed by atoms with Gasteiger partial charge in [0.15, 0.2) is 0 Å². The number of rotatable bonds is 1. The van der Waals surface area contributed by atoms with Crippen LogP contribution in [0.4, 0.5) is 0 Å². The molecule has 2 N–H and O–H groups in total. The fourth-order valence-corrected chi connectivity index (χ4v) is 1.36. The summed E-state index contributed by atoms with van der Waals surface area (Å²) in [5.74, 6) is 0.525. The molecule has 0 heterocycles. The Morgan fingerprint density at radius 1 is 1.75 bits per heavy atom. The largest absolute Gasteiger partial charge is 0.393 e. The lowest BCUT2D eigenvalue weighted by atomic mass is 10.1. The minimum Gasteiger partial charge on any atom is -0.393 e. The van der Waals surface area contributed by atoms with Crippen LogP contribution in [0, 0.1) is 11.3 Å². The second-order valence-corrected chi connectivity index (χ2v) is 3.62. The lowest BCUT2D eigenvalue weighted by Crippen LogP contribution is -2.13. The van der Waals surface area contributed by atoms with Crippen molar-refractivity contribution in [3.8, 4) is 0 Å². The van der Waals surface area contributed by atoms with Gasteiger partial charge in [-0.1, -0.05) is 26.1 Å². The smallest absolute Gasteiger partial charge is 0.0764 e. The summed E-state index contributed by atoms with van der Waals surface area (Å²) in [6.45, 7) is 4.38. The molecular formula is C6H11NS. The third-order valence-electron chi connectivity index (χ3n) is 1.86. The molecule has 1 aliphatic carbocycles. The van der Waals surface area contributed by atoms with Crippen molar-refractivity contribution in [2.24, 2.45) is 17.1 Å². The Kier molecular flexibility index (Phi) is 1.08. The monoisotopic (exact) mass is 129 g/mol. The average molecular weight is 129 g/mol. The van der Waals surface area contributed by atoms with E-state index in [9.17, 15) is 0 Å². The third-order valence-corrected chi connectivity index (χ3v) is 2.14. The number of hydrogen-bond acceptors (Lipinski definition) is 1. The summed E-state index contributed by atoms with van der Waals surface area (Å²) < 4.78 is 0. The zero-order valence-electron chi connectivity index (χ0n) is 5.27. The van der Waals surface area contributed by atoms with E-state index in [0.29, 0.717) is 16.3 Å². The highest BCUT2D eigenvalue weighted by Crippen LogP contribution is 2.51. The maximum atomic E-state index is 5.40. The molecule has 46 valence electrons. The second-order valence-electron chi connectivity index (χ2n) is 3.15. The normalized spacial score (nSPS) is 32.0. The van der Waals surface area contributed by atoms with Crippen molar-refractivity contribution >= 4 is 17.2 Å². The van der Waals surface area contributed by atoms with E-state index < -0.39 is 0 Å². The first-order valence-electron chi connectivity index (χ1n) is 2.83. The molecule has 1 atom stereocenters. The Morgan fingerprint density at radius 3 is 2.12 bits per heavy atom. The highest BCUT2D eigenvalue weighted by atomic mass is 32.1. The SMILES string of the molecule is CC1(C)CC1C(N)=S. The lowest BCUT2D eigenvalue weighted by Gasteiger charge is -1.97. The van der Waals surface area contributed by atoms with Crippen molar-refractivity contribution in [2.45, 2.75) is 20.3 Å². The molecule has 1 nitrogen and oxygen atoms in total. The molecule has 0 bridgehead atoms. The van der Waals surface area contributed by atoms with E-state index in [2.05, 4.69) is 13.8 Å². The molecule has 0 saturated heterocycles. The Balaban J connectivity index is 2.48. The Morgan fingerprint density at radius 2 is 2.12 bits per heavy atom. The molecule has 0 amide bonds. The van der Waals surface area contributed by atoms with Crippen molar-refractivity contribution < 1.29 is 0 Å². The summed E-state index contributed by atoms with van der Waals surface area (Å²) in [5.41, 5.74) is 5.83. The van der Waals surface area contributed by atoms with Gasteiger partial charge in [-0.2, -0.15) is 0 Å². The van der Waals surface area contributed by atoms with E-state index in [-0.39, 0.29) is 0 Å². The summed E-state index contributed by atoms with van der Waals surface area (Å²) >= 11 is 4.81. The molecule has 2 heteroatoms. The first kappa shape index (κ1) is 6.02. The van der Waals surface area contributed by atoms with Crippen LogP contribution in [0.25, 0.3) is 0 Å². The van der Waals surface area contributed by atoms with Gasteiger partial charge >= 0.3 is 0 Å². The Bertz CT molecular complexity index is 128. The first-order chi connectivity index (χ1) is 3.54. The van der Waals surface area contributed by atoms with Gasteiger partial charge < -0.3 is 5.73 Å². The zero-order chi connectivity index (χ0) is 6.36. The topological polar surface area (TPSA) is 26.0 Å². The molecule has 0 aromatic heterocycles. The quantitative estimate of drug-likeness (QED) is 0.540. The van der Waals surface area contributed by atoms with Crippen LogP contribution in [0.3, 0.4) is 0 Å². The molecule has 1 unspecified atom stereocenters. The van der Waals surface area contributed by atoms with Crippen LogP contribution in [-0.2, 0) is 0 Å². The van der Waals surface area contributed by atoms with Crippen LogP contribution in [0.5, 0.6) is 0 Å². The van der Waals surface area contributed by atoms with E-state index in [4.69, 9.17) is 18.0 Å². The van der Waals surface area contributed by atoms with Gasteiger partial charge in [0.05, 0.1) is 4.99 Å². The van der Waals surface area contributed by atoms with Crippen molar-refractivity contribution in [2.75, 3.05) is 0 Å². The van der Waals surface area contributed by atoms with Gasteiger partial charge in [0, 0.05) is 5.92 Å². The molecule has 1 aliphatic rings. The van der Waals surface area contributed by atoms with Crippen LogP contribution >= 0.6 is 12.2 Å². The van der Waals surface area contributed by atoms with Gasteiger partial charge in [-0.05, 0) is 11.8 Å². The number of nitrogens with two attached hydrogens (primary N) is 1. The molecule has 0 spiro atoms. The van der Waals surface area contributed by atoms with Gasteiger partial charge in [0.25, 0.3) is 0 Å². The molecule has 0 aromatic carbocycles. The molecule has 1 saturated carbocycles. The standard InChI is InChI=1S/C6H11NS/c1-6(2)3-4(6)5(7)8/h4H,3H2,1-2H3,(H2,7,8). The molecule has 1 fully saturated rings. The maximum Gasteiger partial charge on any atom is 0.0764 e. The van der Waals surface area contributed by atoms with Crippen molar-refractivity contribution in [1.29, 1.82) is 0 Å². The molecule has 1 rings (SSSR count). The van der Waals surface area contributed by atoms with E-state index >= 15 is 0 Å². The van der Waals surface area contributed by atoms with Gasteiger partial charge in [-0.25, -0.2) is 0 Å². The Labute approximate surface area is 55.3 Å². The number of hydrogen-bond donors (Lipinski definition) is 1. The van der Waals surface area contributed by atoms with Crippen LogP contribution in [0.1, 0.15) is 20.3 Å². The van der Waals surface area contributed by atoms with Crippen molar-refractivity contribution in [3.63, 3.8) is 0 Å². The highest BCUT2D eigenvalue weighted by Gasteiger charge is 2.47. The van der Waals surface area contributed by atoms with Crippen LogP contribution in [0.2, 0.25) is 0 Å². The summed E-state index contributed by atoms with van der Waals surface area (Å²) in [7, 11) is 0. The van der Waals surface area contributed by atoms with E-state index in [0.717, 1.165) is 0 Å². The van der Waals surface area contributed by atoms with Crippen LogP contribution < -0.4 is 5.73 Å². The summed E-state index contributed by atoms with van der Waals surface area (Å²) in [4.78, 5) is 0.690. The molecule has 0 aliphatic heterocycles. The fourth-order valence-electron chi connectivity index (χ4n) is 0.953. The van der Waals surface area contributed by atoms with Crippen LogP contribution in [-0.4, -0.2) is 4.99 Å². The van der Waals surface area contributed by atoms with E-state index in [1.54, 1.807) is 0 Å². The highest BCUT2D eigenvalue weighted by molar-refractivity contribution is 7.80. The van der Waals surface area contributed by atoms with Crippen LogP contribution in [0.15, 0.2) is 0 Å². The summed E-state index contributed by atoms with van der Waals surface area (Å²) in [6, 6.07) is 0. The first-order valence-corrected chi connectivity index (χ1v) is 3.24. The third kappa shape index (κ3) is 0.848. The van der Waals surface area contributed by atoms with Gasteiger partial charge in [-0.3, -0.25) is 0 Å². The average Bonchev–Trinajstić information content (AvgIpc) is 2.13. The minimum atomic E-state index is 0.422. The van der Waals surface area contributed by atoms with Gasteiger partial charge in [0.1, 0.15) is 0 Å². The van der Waals surface area contributed by atoms with E-state index in [1.807, 2.05) is 0 Å². The molecule has 0 radical (unpaired) electrons. The lowest BCUT2D eigenvalue weighted by molar-refractivity contribution is 0.623. The van der Waals surface area contributed by atoms with Gasteiger partial charge in [0.2, 0.25) is 0 Å². The van der Waals surface area contributed by atoms with Crippen molar-refractivity contribution in [3.05, 3.63) is 0 Å². The van der Waals surface area contributed by atoms with Crippen molar-refractivity contribution in [1.82, 2.24) is 0 Å². The maximum absolute atomic E-state index is 5.40. The molecule has 8 heavy (non-hydrogen) atoms.